The van der Waals surface area contributed by atoms with Crippen molar-refractivity contribution in [2.24, 2.45) is 11.7 Å². The minimum absolute atomic E-state index is 0.430. The minimum atomic E-state index is 0.430. The maximum absolute atomic E-state index is 5.87. The molecule has 0 aliphatic carbocycles. The second-order valence-corrected chi connectivity index (χ2v) is 4.46. The lowest BCUT2D eigenvalue weighted by Gasteiger charge is -2.22. The predicted molar refractivity (Wildman–Crippen MR) is 69.0 cm³/mol. The Labute approximate surface area is 98.8 Å². The van der Waals surface area contributed by atoms with Crippen molar-refractivity contribution >= 4 is 0 Å². The fraction of sp³-hybridized carbons (Fsp3) is 0.571. The van der Waals surface area contributed by atoms with Gasteiger partial charge in [-0.15, -0.1) is 0 Å². The lowest BCUT2D eigenvalue weighted by Crippen LogP contribution is -2.19. The number of ether oxygens (including phenoxy) is 1. The van der Waals surface area contributed by atoms with Crippen molar-refractivity contribution in [3.63, 3.8) is 0 Å². The largest absolute Gasteiger partial charge is 0.496 e. The molecule has 0 radical (unpaired) electrons. The van der Waals surface area contributed by atoms with Crippen LogP contribution >= 0.6 is 0 Å². The Morgan fingerprint density at radius 2 is 2.06 bits per heavy atom. The van der Waals surface area contributed by atoms with E-state index in [-0.39, 0.29) is 0 Å². The Balaban J connectivity index is 3.01. The molecule has 0 heterocycles. The second kappa shape index (κ2) is 5.90. The van der Waals surface area contributed by atoms with Gasteiger partial charge < -0.3 is 10.5 Å². The molecule has 1 aromatic rings. The normalized spacial score (nSPS) is 14.6. The molecule has 16 heavy (non-hydrogen) atoms. The van der Waals surface area contributed by atoms with Crippen molar-refractivity contribution in [2.75, 3.05) is 13.7 Å². The molecule has 90 valence electrons. The monoisotopic (exact) mass is 221 g/mol. The summed E-state index contributed by atoms with van der Waals surface area (Å²) in [6, 6.07) is 6.40. The lowest BCUT2D eigenvalue weighted by atomic mass is 9.85. The van der Waals surface area contributed by atoms with Crippen molar-refractivity contribution in [1.29, 1.82) is 0 Å². The smallest absolute Gasteiger partial charge is 0.122 e. The van der Waals surface area contributed by atoms with E-state index in [0.717, 1.165) is 12.2 Å². The van der Waals surface area contributed by atoms with Gasteiger partial charge in [-0.3, -0.25) is 0 Å². The van der Waals surface area contributed by atoms with E-state index < -0.39 is 0 Å². The molecule has 0 bridgehead atoms. The van der Waals surface area contributed by atoms with Gasteiger partial charge in [-0.1, -0.05) is 32.4 Å². The summed E-state index contributed by atoms with van der Waals surface area (Å²) in [5, 5.41) is 0. The first-order valence-corrected chi connectivity index (χ1v) is 5.98. The minimum Gasteiger partial charge on any atom is -0.496 e. The molecule has 2 atom stereocenters. The fourth-order valence-electron chi connectivity index (χ4n) is 2.05. The average molecular weight is 221 g/mol. The van der Waals surface area contributed by atoms with Gasteiger partial charge in [0, 0.05) is 0 Å². The third-order valence-electron chi connectivity index (χ3n) is 3.45. The van der Waals surface area contributed by atoms with Crippen LogP contribution in [0.4, 0.5) is 0 Å². The first-order chi connectivity index (χ1) is 7.63. The Morgan fingerprint density at radius 1 is 1.38 bits per heavy atom. The predicted octanol–water partition coefficient (Wildman–Crippen LogP) is 3.09. The summed E-state index contributed by atoms with van der Waals surface area (Å²) >= 11 is 0. The second-order valence-electron chi connectivity index (χ2n) is 4.46. The lowest BCUT2D eigenvalue weighted by molar-refractivity contribution is 0.407. The molecule has 0 aromatic heterocycles. The number of benzene rings is 1. The zero-order chi connectivity index (χ0) is 12.1. The van der Waals surface area contributed by atoms with Gasteiger partial charge in [0.15, 0.2) is 0 Å². The van der Waals surface area contributed by atoms with Crippen LogP contribution in [0, 0.1) is 12.8 Å². The van der Waals surface area contributed by atoms with E-state index in [2.05, 4.69) is 39.0 Å². The first kappa shape index (κ1) is 13.0. The Bertz CT molecular complexity index is 336. The van der Waals surface area contributed by atoms with Crippen LogP contribution in [0.25, 0.3) is 0 Å². The molecular weight excluding hydrogens is 198 g/mol. The molecule has 0 amide bonds. The topological polar surface area (TPSA) is 35.2 Å². The van der Waals surface area contributed by atoms with Gasteiger partial charge >= 0.3 is 0 Å². The molecule has 2 nitrogen and oxygen atoms in total. The molecule has 0 aliphatic heterocycles. The van der Waals surface area contributed by atoms with E-state index in [1.807, 2.05) is 0 Å². The first-order valence-electron chi connectivity index (χ1n) is 5.98. The van der Waals surface area contributed by atoms with Crippen molar-refractivity contribution in [3.8, 4) is 5.75 Å². The number of rotatable bonds is 5. The van der Waals surface area contributed by atoms with Crippen molar-refractivity contribution in [2.45, 2.75) is 33.1 Å². The van der Waals surface area contributed by atoms with Gasteiger partial charge in [0.25, 0.3) is 0 Å². The summed E-state index contributed by atoms with van der Waals surface area (Å²) in [5.74, 6) is 2.00. The van der Waals surface area contributed by atoms with Gasteiger partial charge in [0.2, 0.25) is 0 Å². The van der Waals surface area contributed by atoms with Crippen molar-refractivity contribution < 1.29 is 4.74 Å². The van der Waals surface area contributed by atoms with E-state index in [1.54, 1.807) is 7.11 Å². The van der Waals surface area contributed by atoms with Crippen LogP contribution in [-0.4, -0.2) is 13.7 Å². The molecule has 2 heteroatoms. The molecule has 0 aliphatic rings. The van der Waals surface area contributed by atoms with E-state index in [4.69, 9.17) is 10.5 Å². The highest BCUT2D eigenvalue weighted by molar-refractivity contribution is 5.38. The van der Waals surface area contributed by atoms with Gasteiger partial charge in [0.05, 0.1) is 7.11 Å². The summed E-state index contributed by atoms with van der Waals surface area (Å²) in [6.07, 6.45) is 1.15. The van der Waals surface area contributed by atoms with Crippen molar-refractivity contribution in [3.05, 3.63) is 29.3 Å². The molecular formula is C14H23NO. The summed E-state index contributed by atoms with van der Waals surface area (Å²) in [6.45, 7) is 7.22. The molecule has 1 rings (SSSR count). The molecule has 2 unspecified atom stereocenters. The number of aryl methyl sites for hydroxylation is 1. The third-order valence-corrected chi connectivity index (χ3v) is 3.45. The quantitative estimate of drug-likeness (QED) is 0.829. The third kappa shape index (κ3) is 2.76. The van der Waals surface area contributed by atoms with Gasteiger partial charge in [-0.2, -0.15) is 0 Å². The molecule has 0 spiro atoms. The summed E-state index contributed by atoms with van der Waals surface area (Å²) in [7, 11) is 1.72. The van der Waals surface area contributed by atoms with E-state index in [9.17, 15) is 0 Å². The van der Waals surface area contributed by atoms with Crippen LogP contribution in [-0.2, 0) is 0 Å². The Kier molecular flexibility index (Phi) is 4.81. The Hall–Kier alpha value is -1.02. The van der Waals surface area contributed by atoms with Crippen LogP contribution in [0.5, 0.6) is 5.75 Å². The molecule has 0 fully saturated rings. The molecule has 2 N–H and O–H groups in total. The van der Waals surface area contributed by atoms with Crippen LogP contribution < -0.4 is 10.5 Å². The summed E-state index contributed by atoms with van der Waals surface area (Å²) in [5.41, 5.74) is 8.33. The van der Waals surface area contributed by atoms with E-state index >= 15 is 0 Å². The van der Waals surface area contributed by atoms with Gasteiger partial charge in [-0.25, -0.2) is 0 Å². The van der Waals surface area contributed by atoms with Crippen LogP contribution in [0.3, 0.4) is 0 Å². The number of hydrogen-bond acceptors (Lipinski definition) is 2. The highest BCUT2D eigenvalue weighted by atomic mass is 16.5. The summed E-state index contributed by atoms with van der Waals surface area (Å²) < 4.78 is 5.35. The maximum atomic E-state index is 5.87. The van der Waals surface area contributed by atoms with Gasteiger partial charge in [0.1, 0.15) is 5.75 Å². The zero-order valence-corrected chi connectivity index (χ0v) is 10.8. The molecule has 0 saturated carbocycles. The van der Waals surface area contributed by atoms with E-state index in [0.29, 0.717) is 18.4 Å². The SMILES string of the molecule is CCC(C)C(CN)c1ccc(C)c(OC)c1. The van der Waals surface area contributed by atoms with Crippen LogP contribution in [0.2, 0.25) is 0 Å². The number of nitrogens with two attached hydrogens (primary N) is 1. The molecule has 0 saturated heterocycles. The van der Waals surface area contributed by atoms with Crippen LogP contribution in [0.15, 0.2) is 18.2 Å². The fourth-order valence-corrected chi connectivity index (χ4v) is 2.05. The highest BCUT2D eigenvalue weighted by Gasteiger charge is 2.17. The number of hydrogen-bond donors (Lipinski definition) is 1. The van der Waals surface area contributed by atoms with E-state index in [1.165, 1.54) is 11.1 Å². The average Bonchev–Trinajstić information content (AvgIpc) is 2.31. The highest BCUT2D eigenvalue weighted by Crippen LogP contribution is 2.29. The van der Waals surface area contributed by atoms with Crippen LogP contribution in [0.1, 0.15) is 37.3 Å². The molecule has 1 aromatic carbocycles. The number of methoxy groups -OCH3 is 1. The summed E-state index contributed by atoms with van der Waals surface area (Å²) in [4.78, 5) is 0. The zero-order valence-electron chi connectivity index (χ0n) is 10.8. The standard InChI is InChI=1S/C14H23NO/c1-5-10(2)13(9-15)12-7-6-11(3)14(8-12)16-4/h6-8,10,13H,5,9,15H2,1-4H3. The van der Waals surface area contributed by atoms with Crippen molar-refractivity contribution in [1.82, 2.24) is 0 Å². The maximum Gasteiger partial charge on any atom is 0.122 e. The Morgan fingerprint density at radius 3 is 2.56 bits per heavy atom. The van der Waals surface area contributed by atoms with Gasteiger partial charge in [-0.05, 0) is 42.5 Å².